The van der Waals surface area contributed by atoms with Gasteiger partial charge in [-0.25, -0.2) is 15.0 Å². The van der Waals surface area contributed by atoms with E-state index in [4.69, 9.17) is 15.0 Å². The van der Waals surface area contributed by atoms with Crippen molar-refractivity contribution in [2.75, 3.05) is 0 Å². The summed E-state index contributed by atoms with van der Waals surface area (Å²) < 4.78 is 0. The SMILES string of the molecule is C1=CC(c2cc(-c3ccccc3)nc(-c3cccc(C4=CCc5[nH]c6c(-c7ccccc7)cc(-c7cccc(-c8cc(-c9ccccc9)cc(-c9ccccc9)n8)c7)cc6c5C4)c3)n2)=CCC1. The minimum absolute atomic E-state index is 0.736. The van der Waals surface area contributed by atoms with Crippen LogP contribution < -0.4 is 0 Å². The zero-order valence-corrected chi connectivity index (χ0v) is 37.0. The van der Waals surface area contributed by atoms with Crippen LogP contribution in [-0.4, -0.2) is 19.9 Å². The van der Waals surface area contributed by atoms with Crippen molar-refractivity contribution >= 4 is 22.0 Å². The Hall–Kier alpha value is -8.47. The number of allylic oxidation sites excluding steroid dienone is 6. The number of nitrogens with zero attached hydrogens (tertiary/aromatic N) is 3. The number of hydrogen-bond acceptors (Lipinski definition) is 3. The Morgan fingerprint density at radius 3 is 1.66 bits per heavy atom. The van der Waals surface area contributed by atoms with Crippen molar-refractivity contribution in [2.24, 2.45) is 0 Å². The van der Waals surface area contributed by atoms with E-state index in [9.17, 15) is 0 Å². The lowest BCUT2D eigenvalue weighted by atomic mass is 9.88. The molecule has 0 aliphatic heterocycles. The molecular formula is C63H46N4. The van der Waals surface area contributed by atoms with E-state index in [1.165, 1.54) is 55.6 Å². The second kappa shape index (κ2) is 17.5. The lowest BCUT2D eigenvalue weighted by molar-refractivity contribution is 1.03. The second-order valence-electron chi connectivity index (χ2n) is 17.5. The zero-order chi connectivity index (χ0) is 44.5. The number of fused-ring (bicyclic) bond motifs is 3. The summed E-state index contributed by atoms with van der Waals surface area (Å²) in [6.45, 7) is 0. The summed E-state index contributed by atoms with van der Waals surface area (Å²) in [4.78, 5) is 19.6. The summed E-state index contributed by atoms with van der Waals surface area (Å²) in [6.07, 6.45) is 12.8. The third-order valence-corrected chi connectivity index (χ3v) is 13.2. The quantitative estimate of drug-likeness (QED) is 0.157. The van der Waals surface area contributed by atoms with Crippen LogP contribution in [-0.2, 0) is 12.8 Å². The van der Waals surface area contributed by atoms with E-state index in [1.54, 1.807) is 0 Å². The number of aromatic nitrogens is 4. The largest absolute Gasteiger partial charge is 0.357 e. The predicted molar refractivity (Wildman–Crippen MR) is 278 cm³/mol. The van der Waals surface area contributed by atoms with Gasteiger partial charge in [0.05, 0.1) is 28.3 Å². The Balaban J connectivity index is 0.932. The van der Waals surface area contributed by atoms with Crippen LogP contribution in [0.15, 0.2) is 224 Å². The molecule has 12 rings (SSSR count). The highest BCUT2D eigenvalue weighted by molar-refractivity contribution is 6.02. The first-order valence-electron chi connectivity index (χ1n) is 23.2. The smallest absolute Gasteiger partial charge is 0.160 e. The van der Waals surface area contributed by atoms with Crippen molar-refractivity contribution < 1.29 is 0 Å². The maximum Gasteiger partial charge on any atom is 0.160 e. The van der Waals surface area contributed by atoms with Gasteiger partial charge in [-0.3, -0.25) is 0 Å². The van der Waals surface area contributed by atoms with Gasteiger partial charge in [-0.05, 0) is 105 Å². The molecule has 3 heterocycles. The van der Waals surface area contributed by atoms with E-state index < -0.39 is 0 Å². The van der Waals surface area contributed by atoms with E-state index in [0.29, 0.717) is 0 Å². The normalized spacial score (nSPS) is 13.3. The fourth-order valence-electron chi connectivity index (χ4n) is 9.73. The molecule has 0 unspecified atom stereocenters. The third-order valence-electron chi connectivity index (χ3n) is 13.2. The van der Waals surface area contributed by atoms with Gasteiger partial charge in [0.25, 0.3) is 0 Å². The number of aromatic amines is 1. The molecule has 2 aliphatic carbocycles. The Kier molecular flexibility index (Phi) is 10.5. The van der Waals surface area contributed by atoms with Gasteiger partial charge in [0.15, 0.2) is 5.82 Å². The molecular weight excluding hydrogens is 813 g/mol. The van der Waals surface area contributed by atoms with Crippen molar-refractivity contribution in [3.63, 3.8) is 0 Å². The van der Waals surface area contributed by atoms with Gasteiger partial charge in [0, 0.05) is 51.7 Å². The molecule has 0 bridgehead atoms. The molecule has 4 heteroatoms. The number of nitrogens with one attached hydrogen (secondary N) is 1. The van der Waals surface area contributed by atoms with Crippen LogP contribution in [0.5, 0.6) is 0 Å². The van der Waals surface area contributed by atoms with E-state index in [-0.39, 0.29) is 0 Å². The molecule has 0 atom stereocenters. The average Bonchev–Trinajstić information content (AvgIpc) is 3.79. The summed E-state index contributed by atoms with van der Waals surface area (Å²) in [7, 11) is 0. The number of H-pyrrole nitrogens is 1. The highest BCUT2D eigenvalue weighted by atomic mass is 14.9. The average molecular weight is 859 g/mol. The second-order valence-corrected chi connectivity index (χ2v) is 17.5. The molecule has 67 heavy (non-hydrogen) atoms. The molecule has 0 radical (unpaired) electrons. The van der Waals surface area contributed by atoms with E-state index in [0.717, 1.165) is 93.2 Å². The van der Waals surface area contributed by atoms with Crippen LogP contribution in [0.2, 0.25) is 0 Å². The molecule has 0 spiro atoms. The van der Waals surface area contributed by atoms with Crippen LogP contribution in [0.1, 0.15) is 35.4 Å². The summed E-state index contributed by atoms with van der Waals surface area (Å²) >= 11 is 0. The lowest BCUT2D eigenvalue weighted by Gasteiger charge is -2.16. The number of pyridine rings is 1. The fourth-order valence-corrected chi connectivity index (χ4v) is 9.73. The Morgan fingerprint density at radius 1 is 0.388 bits per heavy atom. The first-order chi connectivity index (χ1) is 33.2. The van der Waals surface area contributed by atoms with Crippen molar-refractivity contribution in [1.82, 2.24) is 19.9 Å². The van der Waals surface area contributed by atoms with Gasteiger partial charge in [0.2, 0.25) is 0 Å². The number of hydrogen-bond donors (Lipinski definition) is 1. The number of rotatable bonds is 9. The van der Waals surface area contributed by atoms with Crippen LogP contribution in [0.3, 0.4) is 0 Å². The van der Waals surface area contributed by atoms with Crippen LogP contribution in [0, 0.1) is 0 Å². The third kappa shape index (κ3) is 8.04. The molecule has 1 N–H and O–H groups in total. The Labute approximate surface area is 391 Å². The fraction of sp³-hybridized carbons (Fsp3) is 0.0635. The molecule has 0 saturated carbocycles. The van der Waals surface area contributed by atoms with E-state index >= 15 is 0 Å². The molecule has 4 nitrogen and oxygen atoms in total. The predicted octanol–water partition coefficient (Wildman–Crippen LogP) is 15.9. The highest BCUT2D eigenvalue weighted by Gasteiger charge is 2.22. The molecule has 2 aliphatic rings. The highest BCUT2D eigenvalue weighted by Crippen LogP contribution is 2.41. The molecule has 0 saturated heterocycles. The van der Waals surface area contributed by atoms with Gasteiger partial charge in [0.1, 0.15) is 0 Å². The first kappa shape index (κ1) is 40.1. The Bertz CT molecular complexity index is 3490. The van der Waals surface area contributed by atoms with Gasteiger partial charge < -0.3 is 4.98 Å². The van der Waals surface area contributed by atoms with Gasteiger partial charge in [-0.1, -0.05) is 182 Å². The van der Waals surface area contributed by atoms with Crippen LogP contribution in [0.4, 0.5) is 0 Å². The molecule has 318 valence electrons. The first-order valence-corrected chi connectivity index (χ1v) is 23.2. The monoisotopic (exact) mass is 858 g/mol. The summed E-state index contributed by atoms with van der Waals surface area (Å²) in [5.41, 5.74) is 22.5. The standard InChI is InChI=1S/C63H46N4/c1-6-18-42(19-7-1)53-39-58(44-22-10-3-11-23-44)64-59(40-53)50-30-16-29-48(34-50)52-37-54(43-20-8-2-9-21-43)62-56(38-52)55-36-49(32-33-57(55)65-62)47-28-17-31-51(35-47)63-66-60(45-24-12-4-13-25-45)41-61(67-63)46-26-14-5-15-27-46/h1-4,6-14,16-32,34-35,37-41,65H,5,15,33,36H2. The van der Waals surface area contributed by atoms with Gasteiger partial charge in [-0.2, -0.15) is 0 Å². The number of benzene rings is 7. The molecule has 10 aromatic rings. The topological polar surface area (TPSA) is 54.5 Å². The summed E-state index contributed by atoms with van der Waals surface area (Å²) in [6, 6.07) is 71.3. The molecule has 0 amide bonds. The maximum absolute atomic E-state index is 5.28. The van der Waals surface area contributed by atoms with Crippen LogP contribution in [0.25, 0.3) is 101 Å². The van der Waals surface area contributed by atoms with E-state index in [2.05, 4.69) is 223 Å². The minimum atomic E-state index is 0.736. The minimum Gasteiger partial charge on any atom is -0.357 e. The molecule has 0 fully saturated rings. The molecule has 7 aromatic carbocycles. The van der Waals surface area contributed by atoms with Crippen molar-refractivity contribution in [3.05, 3.63) is 247 Å². The maximum atomic E-state index is 5.28. The van der Waals surface area contributed by atoms with Crippen LogP contribution >= 0.6 is 0 Å². The summed E-state index contributed by atoms with van der Waals surface area (Å²) in [5, 5.41) is 1.26. The van der Waals surface area contributed by atoms with Gasteiger partial charge >= 0.3 is 0 Å². The van der Waals surface area contributed by atoms with Crippen molar-refractivity contribution in [2.45, 2.75) is 25.7 Å². The molecule has 3 aromatic heterocycles. The van der Waals surface area contributed by atoms with Crippen molar-refractivity contribution in [3.8, 4) is 78.5 Å². The Morgan fingerprint density at radius 2 is 0.955 bits per heavy atom. The summed E-state index contributed by atoms with van der Waals surface area (Å²) in [5.74, 6) is 0.736. The zero-order valence-electron chi connectivity index (χ0n) is 37.0. The van der Waals surface area contributed by atoms with Gasteiger partial charge in [-0.15, -0.1) is 0 Å². The van der Waals surface area contributed by atoms with E-state index in [1.807, 2.05) is 6.07 Å². The lowest BCUT2D eigenvalue weighted by Crippen LogP contribution is -2.02. The van der Waals surface area contributed by atoms with Crippen molar-refractivity contribution in [1.29, 1.82) is 0 Å².